The second-order valence-electron chi connectivity index (χ2n) is 13.9. The quantitative estimate of drug-likeness (QED) is 0.343. The maximum absolute atomic E-state index is 12.4. The Morgan fingerprint density at radius 1 is 0.872 bits per heavy atom. The number of hydrogen-bond acceptors (Lipinski definition) is 8. The number of hydrogen-bond donors (Lipinski definition) is 0. The fourth-order valence-electron chi connectivity index (χ4n) is 10.1. The van der Waals surface area contributed by atoms with Crippen LogP contribution in [0.5, 0.6) is 0 Å². The Morgan fingerprint density at radius 3 is 2.10 bits per heavy atom. The summed E-state index contributed by atoms with van der Waals surface area (Å²) < 4.78 is 18.0. The Labute approximate surface area is 232 Å². The Kier molecular flexibility index (Phi) is 8.19. The lowest BCUT2D eigenvalue weighted by Gasteiger charge is -2.67. The van der Waals surface area contributed by atoms with E-state index >= 15 is 0 Å². The monoisotopic (exact) mass is 547 g/mol. The molecule has 0 aromatic carbocycles. The Bertz CT molecular complexity index is 993. The number of ether oxygens (including phenoxy) is 3. The van der Waals surface area contributed by atoms with Crippen molar-refractivity contribution >= 4 is 23.9 Å². The predicted octanol–water partition coefficient (Wildman–Crippen LogP) is 4.22. The third kappa shape index (κ3) is 5.21. The smallest absolute Gasteiger partial charge is 0.302 e. The Balaban J connectivity index is 1.75. The number of aliphatic carboxylic acids is 1. The topological polar surface area (TPSA) is 119 Å². The maximum Gasteiger partial charge on any atom is 0.302 e. The number of fused-ring (bicyclic) bond motifs is 5. The molecule has 4 saturated carbocycles. The maximum atomic E-state index is 12.4. The van der Waals surface area contributed by atoms with Gasteiger partial charge >= 0.3 is 17.9 Å². The van der Waals surface area contributed by atoms with Crippen LogP contribution in [0.3, 0.4) is 0 Å². The fraction of sp³-hybridized carbons (Fsp3) is 0.871. The molecule has 8 nitrogen and oxygen atoms in total. The van der Waals surface area contributed by atoms with E-state index in [0.717, 1.165) is 25.7 Å². The van der Waals surface area contributed by atoms with Crippen LogP contribution in [-0.2, 0) is 33.4 Å². The van der Waals surface area contributed by atoms with Crippen LogP contribution < -0.4 is 5.11 Å². The molecule has 220 valence electrons. The SMILES string of the molecule is CC(=O)OC1CC[C@]2(C)[C@H]3CC(OC(C)=O)[C@]4(C)[C@@H]([C@H](C)CCC(=O)[O-])CC[C@H]4[C@@H]3C(OC(C)=O)C[C@]2(C)C1. The molecule has 0 aromatic heterocycles. The minimum atomic E-state index is -1.04. The van der Waals surface area contributed by atoms with E-state index in [-0.39, 0.29) is 88.5 Å². The number of carbonyl (C=O) groups is 4. The Morgan fingerprint density at radius 2 is 1.51 bits per heavy atom. The average molecular weight is 548 g/mol. The van der Waals surface area contributed by atoms with E-state index in [1.807, 2.05) is 0 Å². The lowest BCUT2D eigenvalue weighted by Crippen LogP contribution is -2.66. The van der Waals surface area contributed by atoms with Crippen molar-refractivity contribution in [3.63, 3.8) is 0 Å². The zero-order valence-corrected chi connectivity index (χ0v) is 24.7. The third-order valence-electron chi connectivity index (χ3n) is 11.9. The van der Waals surface area contributed by atoms with Gasteiger partial charge in [-0.2, -0.15) is 0 Å². The third-order valence-corrected chi connectivity index (χ3v) is 11.9. The molecule has 4 aliphatic carbocycles. The first-order chi connectivity index (χ1) is 18.1. The van der Waals surface area contributed by atoms with Crippen LogP contribution in [0.2, 0.25) is 0 Å². The molecular weight excluding hydrogens is 500 g/mol. The molecule has 3 unspecified atom stereocenters. The molecule has 0 spiro atoms. The fourth-order valence-corrected chi connectivity index (χ4v) is 10.1. The molecule has 0 aromatic rings. The number of carboxylic acids is 1. The van der Waals surface area contributed by atoms with Crippen molar-refractivity contribution in [1.29, 1.82) is 0 Å². The van der Waals surface area contributed by atoms with E-state index < -0.39 is 5.97 Å². The molecule has 8 heteroatoms. The zero-order chi connectivity index (χ0) is 28.9. The van der Waals surface area contributed by atoms with E-state index in [4.69, 9.17) is 14.2 Å². The molecule has 4 fully saturated rings. The van der Waals surface area contributed by atoms with Crippen LogP contribution in [-0.4, -0.2) is 42.2 Å². The summed E-state index contributed by atoms with van der Waals surface area (Å²) in [5.41, 5.74) is -0.681. The van der Waals surface area contributed by atoms with Gasteiger partial charge in [-0.3, -0.25) is 14.4 Å². The number of esters is 3. The summed E-state index contributed by atoms with van der Waals surface area (Å²) >= 11 is 0. The lowest BCUT2D eigenvalue weighted by molar-refractivity contribution is -0.306. The van der Waals surface area contributed by atoms with Crippen LogP contribution in [0.25, 0.3) is 0 Å². The van der Waals surface area contributed by atoms with Gasteiger partial charge in [0.15, 0.2) is 0 Å². The van der Waals surface area contributed by atoms with E-state index in [2.05, 4.69) is 27.7 Å². The van der Waals surface area contributed by atoms with Crippen molar-refractivity contribution in [3.05, 3.63) is 0 Å². The molecule has 0 heterocycles. The predicted molar refractivity (Wildman–Crippen MR) is 141 cm³/mol. The van der Waals surface area contributed by atoms with Gasteiger partial charge in [0.1, 0.15) is 18.3 Å². The summed E-state index contributed by atoms with van der Waals surface area (Å²) in [5.74, 6) is -1.14. The van der Waals surface area contributed by atoms with Crippen LogP contribution in [0.4, 0.5) is 0 Å². The number of carbonyl (C=O) groups excluding carboxylic acids is 4. The lowest BCUT2D eigenvalue weighted by atomic mass is 9.39. The van der Waals surface area contributed by atoms with Crippen LogP contribution in [0.1, 0.15) is 106 Å². The first kappa shape index (κ1) is 29.9. The van der Waals surface area contributed by atoms with Gasteiger partial charge < -0.3 is 24.1 Å². The van der Waals surface area contributed by atoms with Crippen molar-refractivity contribution < 1.29 is 38.5 Å². The summed E-state index contributed by atoms with van der Waals surface area (Å²) in [4.78, 5) is 47.9. The van der Waals surface area contributed by atoms with Crippen molar-refractivity contribution in [2.75, 3.05) is 0 Å². The summed E-state index contributed by atoms with van der Waals surface area (Å²) in [6.45, 7) is 13.3. The van der Waals surface area contributed by atoms with Gasteiger partial charge in [0.05, 0.1) is 0 Å². The second-order valence-corrected chi connectivity index (χ2v) is 13.9. The largest absolute Gasteiger partial charge is 0.550 e. The summed E-state index contributed by atoms with van der Waals surface area (Å²) in [5, 5.41) is 11.2. The Hall–Kier alpha value is -2.12. The first-order valence-corrected chi connectivity index (χ1v) is 14.8. The van der Waals surface area contributed by atoms with Crippen LogP contribution >= 0.6 is 0 Å². The van der Waals surface area contributed by atoms with Crippen molar-refractivity contribution in [1.82, 2.24) is 0 Å². The van der Waals surface area contributed by atoms with Gasteiger partial charge in [-0.05, 0) is 92.3 Å². The van der Waals surface area contributed by atoms with Crippen LogP contribution in [0, 0.1) is 45.8 Å². The van der Waals surface area contributed by atoms with Gasteiger partial charge in [-0.15, -0.1) is 0 Å². The average Bonchev–Trinajstić information content (AvgIpc) is 3.16. The van der Waals surface area contributed by atoms with Gasteiger partial charge in [0.25, 0.3) is 0 Å². The van der Waals surface area contributed by atoms with E-state index in [1.165, 1.54) is 20.8 Å². The second kappa shape index (κ2) is 10.7. The number of rotatable bonds is 7. The molecule has 0 aliphatic heterocycles. The van der Waals surface area contributed by atoms with E-state index in [9.17, 15) is 24.3 Å². The van der Waals surface area contributed by atoms with Gasteiger partial charge in [0, 0.05) is 38.1 Å². The highest BCUT2D eigenvalue weighted by Crippen LogP contribution is 2.72. The first-order valence-electron chi connectivity index (χ1n) is 14.8. The van der Waals surface area contributed by atoms with Gasteiger partial charge in [0.2, 0.25) is 0 Å². The van der Waals surface area contributed by atoms with Crippen molar-refractivity contribution in [2.24, 2.45) is 45.8 Å². The highest BCUT2D eigenvalue weighted by molar-refractivity contribution is 5.67. The molecule has 4 rings (SSSR count). The van der Waals surface area contributed by atoms with Gasteiger partial charge in [-0.1, -0.05) is 27.7 Å². The molecule has 0 amide bonds. The van der Waals surface area contributed by atoms with Crippen molar-refractivity contribution in [2.45, 2.75) is 125 Å². The zero-order valence-electron chi connectivity index (χ0n) is 24.7. The number of carboxylic acid groups (broad SMARTS) is 1. The molecule has 0 radical (unpaired) electrons. The molecule has 0 N–H and O–H groups in total. The normalized spacial score (nSPS) is 43.7. The minimum Gasteiger partial charge on any atom is -0.550 e. The minimum absolute atomic E-state index is 0.0126. The summed E-state index contributed by atoms with van der Waals surface area (Å²) in [6.07, 6.45) is 5.43. The van der Waals surface area contributed by atoms with Gasteiger partial charge in [-0.25, -0.2) is 0 Å². The molecule has 11 atom stereocenters. The standard InChI is InChI=1S/C31H48O8/c1-17(8-11-27(35)36)22-9-10-23-28-24(14-26(31(22,23)7)39-20(4)34)30(6)13-12-21(37-18(2)32)15-29(30,5)16-25(28)38-19(3)33/h17,21-26,28H,8-16H2,1-7H3,(H,35,36)/p-1/t17-,21?,22-,23+,24+,25?,26?,28+,29+,30-,31-/m1/s1. The summed E-state index contributed by atoms with van der Waals surface area (Å²) in [6, 6.07) is 0. The van der Waals surface area contributed by atoms with E-state index in [1.54, 1.807) is 0 Å². The molecule has 4 aliphatic rings. The van der Waals surface area contributed by atoms with Crippen molar-refractivity contribution in [3.8, 4) is 0 Å². The molecular formula is C31H47O8-. The summed E-state index contributed by atoms with van der Waals surface area (Å²) in [7, 11) is 0. The molecule has 0 bridgehead atoms. The molecule has 0 saturated heterocycles. The van der Waals surface area contributed by atoms with E-state index in [0.29, 0.717) is 25.7 Å². The van der Waals surface area contributed by atoms with Crippen LogP contribution in [0.15, 0.2) is 0 Å². The highest BCUT2D eigenvalue weighted by Gasteiger charge is 2.70. The molecule has 39 heavy (non-hydrogen) atoms. The highest BCUT2D eigenvalue weighted by atomic mass is 16.6.